The van der Waals surface area contributed by atoms with Crippen LogP contribution < -0.4 is 14.8 Å². The molecular formula is C26H23FN2O3. The zero-order valence-electron chi connectivity index (χ0n) is 18.1. The van der Waals surface area contributed by atoms with Crippen LogP contribution in [-0.4, -0.2) is 13.0 Å². The molecule has 0 aliphatic rings. The molecule has 0 bridgehead atoms. The number of carbonyl (C=O) groups is 1. The predicted octanol–water partition coefficient (Wildman–Crippen LogP) is 5.58. The molecule has 162 valence electrons. The third-order valence-electron chi connectivity index (χ3n) is 5.06. The highest BCUT2D eigenvalue weighted by atomic mass is 19.1. The number of nitrogens with one attached hydrogen (secondary N) is 1. The van der Waals surface area contributed by atoms with Gasteiger partial charge in [0.05, 0.1) is 7.11 Å². The van der Waals surface area contributed by atoms with E-state index in [1.807, 2.05) is 32.0 Å². The molecule has 0 saturated carbocycles. The van der Waals surface area contributed by atoms with Gasteiger partial charge in [0.1, 0.15) is 24.1 Å². The number of nitriles is 1. The fourth-order valence-electron chi connectivity index (χ4n) is 3.06. The number of amides is 1. The molecule has 3 aromatic carbocycles. The van der Waals surface area contributed by atoms with E-state index in [-0.39, 0.29) is 18.0 Å². The number of halogens is 1. The highest BCUT2D eigenvalue weighted by Gasteiger charge is 2.13. The van der Waals surface area contributed by atoms with E-state index in [1.54, 1.807) is 42.5 Å². The summed E-state index contributed by atoms with van der Waals surface area (Å²) in [7, 11) is 1.48. The molecule has 0 aromatic heterocycles. The first-order chi connectivity index (χ1) is 15.4. The number of anilines is 1. The second kappa shape index (κ2) is 10.3. The standard InChI is InChI=1S/C26H23FN2O3/c1-17-7-6-10-23(18(17)2)29-26(30)21(15-28)13-19-11-12-24(25(14-19)31-3)32-16-20-8-4-5-9-22(20)27/h4-14H,16H2,1-3H3,(H,29,30)/b21-13+. The Morgan fingerprint density at radius 1 is 1.09 bits per heavy atom. The summed E-state index contributed by atoms with van der Waals surface area (Å²) < 4.78 is 24.9. The number of hydrogen-bond donors (Lipinski definition) is 1. The molecule has 5 nitrogen and oxygen atoms in total. The molecule has 0 spiro atoms. The van der Waals surface area contributed by atoms with Crippen molar-refractivity contribution in [3.05, 3.63) is 94.3 Å². The van der Waals surface area contributed by atoms with Crippen LogP contribution in [0.4, 0.5) is 10.1 Å². The van der Waals surface area contributed by atoms with Gasteiger partial charge in [-0.15, -0.1) is 0 Å². The van der Waals surface area contributed by atoms with Crippen molar-refractivity contribution >= 4 is 17.7 Å². The molecule has 3 aromatic rings. The van der Waals surface area contributed by atoms with Crippen LogP contribution in [0.15, 0.2) is 66.2 Å². The van der Waals surface area contributed by atoms with Gasteiger partial charge in [0, 0.05) is 11.3 Å². The number of nitrogens with zero attached hydrogens (tertiary/aromatic N) is 1. The van der Waals surface area contributed by atoms with Crippen LogP contribution in [0, 0.1) is 31.0 Å². The van der Waals surface area contributed by atoms with E-state index in [1.165, 1.54) is 19.3 Å². The molecule has 1 N–H and O–H groups in total. The minimum Gasteiger partial charge on any atom is -0.493 e. The number of benzene rings is 3. The predicted molar refractivity (Wildman–Crippen MR) is 122 cm³/mol. The van der Waals surface area contributed by atoms with Crippen molar-refractivity contribution in [2.75, 3.05) is 12.4 Å². The largest absolute Gasteiger partial charge is 0.493 e. The third kappa shape index (κ3) is 5.32. The molecule has 3 rings (SSSR count). The third-order valence-corrected chi connectivity index (χ3v) is 5.06. The Hall–Kier alpha value is -4.11. The number of hydrogen-bond acceptors (Lipinski definition) is 4. The van der Waals surface area contributed by atoms with Gasteiger partial charge >= 0.3 is 0 Å². The number of rotatable bonds is 7. The SMILES string of the molecule is COc1cc(/C=C(\C#N)C(=O)Nc2cccc(C)c2C)ccc1OCc1ccccc1F. The van der Waals surface area contributed by atoms with Crippen molar-refractivity contribution in [3.8, 4) is 17.6 Å². The van der Waals surface area contributed by atoms with Crippen LogP contribution in [0.1, 0.15) is 22.3 Å². The molecule has 0 atom stereocenters. The van der Waals surface area contributed by atoms with Crippen LogP contribution in [0.25, 0.3) is 6.08 Å². The lowest BCUT2D eigenvalue weighted by atomic mass is 10.1. The molecule has 1 amide bonds. The Kier molecular flexibility index (Phi) is 7.25. The average Bonchev–Trinajstić information content (AvgIpc) is 2.80. The number of aryl methyl sites for hydroxylation is 1. The van der Waals surface area contributed by atoms with Crippen LogP contribution in [0.3, 0.4) is 0 Å². The van der Waals surface area contributed by atoms with Crippen molar-refractivity contribution in [1.29, 1.82) is 5.26 Å². The normalized spacial score (nSPS) is 10.9. The molecular weight excluding hydrogens is 407 g/mol. The van der Waals surface area contributed by atoms with Gasteiger partial charge in [-0.1, -0.05) is 36.4 Å². The van der Waals surface area contributed by atoms with Gasteiger partial charge in [0.25, 0.3) is 5.91 Å². The maximum absolute atomic E-state index is 13.8. The second-order valence-corrected chi connectivity index (χ2v) is 7.16. The van der Waals surface area contributed by atoms with E-state index >= 15 is 0 Å². The minimum absolute atomic E-state index is 0.0416. The van der Waals surface area contributed by atoms with E-state index < -0.39 is 5.91 Å². The molecule has 32 heavy (non-hydrogen) atoms. The van der Waals surface area contributed by atoms with Crippen molar-refractivity contribution < 1.29 is 18.7 Å². The molecule has 6 heteroatoms. The Bertz CT molecular complexity index is 1210. The number of methoxy groups -OCH3 is 1. The van der Waals surface area contributed by atoms with Crippen molar-refractivity contribution in [3.63, 3.8) is 0 Å². The van der Waals surface area contributed by atoms with Gasteiger partial charge in [-0.25, -0.2) is 4.39 Å². The maximum Gasteiger partial charge on any atom is 0.266 e. The Morgan fingerprint density at radius 3 is 2.59 bits per heavy atom. The first kappa shape index (κ1) is 22.6. The summed E-state index contributed by atoms with van der Waals surface area (Å²) in [5, 5.41) is 12.3. The Labute approximate surface area is 186 Å². The number of carbonyl (C=O) groups excluding carboxylic acids is 1. The maximum atomic E-state index is 13.8. The molecule has 0 heterocycles. The summed E-state index contributed by atoms with van der Waals surface area (Å²) >= 11 is 0. The van der Waals surface area contributed by atoms with Gasteiger partial charge < -0.3 is 14.8 Å². The quantitative estimate of drug-likeness (QED) is 0.393. The molecule has 0 radical (unpaired) electrons. The fourth-order valence-corrected chi connectivity index (χ4v) is 3.06. The van der Waals surface area contributed by atoms with Gasteiger partial charge in [0.2, 0.25) is 0 Å². The van der Waals surface area contributed by atoms with E-state index in [2.05, 4.69) is 5.32 Å². The van der Waals surface area contributed by atoms with E-state index in [9.17, 15) is 14.4 Å². The zero-order chi connectivity index (χ0) is 23.1. The van der Waals surface area contributed by atoms with Gasteiger partial charge in [-0.05, 0) is 60.9 Å². The molecule has 0 unspecified atom stereocenters. The smallest absolute Gasteiger partial charge is 0.266 e. The van der Waals surface area contributed by atoms with Crippen molar-refractivity contribution in [2.24, 2.45) is 0 Å². The Morgan fingerprint density at radius 2 is 1.88 bits per heavy atom. The summed E-state index contributed by atoms with van der Waals surface area (Å²) in [6.45, 7) is 3.90. The van der Waals surface area contributed by atoms with Gasteiger partial charge in [-0.3, -0.25) is 4.79 Å². The van der Waals surface area contributed by atoms with Crippen molar-refractivity contribution in [2.45, 2.75) is 20.5 Å². The summed E-state index contributed by atoms with van der Waals surface area (Å²) in [6, 6.07) is 18.9. The lowest BCUT2D eigenvalue weighted by molar-refractivity contribution is -0.112. The topological polar surface area (TPSA) is 71.3 Å². The summed E-state index contributed by atoms with van der Waals surface area (Å²) in [4.78, 5) is 12.6. The highest BCUT2D eigenvalue weighted by Crippen LogP contribution is 2.30. The first-order valence-electron chi connectivity index (χ1n) is 9.96. The summed E-state index contributed by atoms with van der Waals surface area (Å²) in [6.07, 6.45) is 1.48. The Balaban J connectivity index is 1.78. The zero-order valence-corrected chi connectivity index (χ0v) is 18.1. The van der Waals surface area contributed by atoms with Gasteiger partial charge in [-0.2, -0.15) is 5.26 Å². The van der Waals surface area contributed by atoms with E-state index in [0.717, 1.165) is 11.1 Å². The molecule has 0 saturated heterocycles. The second-order valence-electron chi connectivity index (χ2n) is 7.16. The number of ether oxygens (including phenoxy) is 2. The van der Waals surface area contributed by atoms with Crippen LogP contribution in [0.2, 0.25) is 0 Å². The first-order valence-corrected chi connectivity index (χ1v) is 9.96. The average molecular weight is 430 g/mol. The highest BCUT2D eigenvalue weighted by molar-refractivity contribution is 6.10. The molecule has 0 fully saturated rings. The molecule has 0 aliphatic heterocycles. The van der Waals surface area contributed by atoms with Crippen LogP contribution >= 0.6 is 0 Å². The fraction of sp³-hybridized carbons (Fsp3) is 0.154. The van der Waals surface area contributed by atoms with Crippen LogP contribution in [-0.2, 0) is 11.4 Å². The van der Waals surface area contributed by atoms with Crippen molar-refractivity contribution in [1.82, 2.24) is 0 Å². The summed E-state index contributed by atoms with van der Waals surface area (Å²) in [5.41, 5.74) is 3.61. The van der Waals surface area contributed by atoms with E-state index in [0.29, 0.717) is 28.3 Å². The van der Waals surface area contributed by atoms with Gasteiger partial charge in [0.15, 0.2) is 11.5 Å². The summed E-state index contributed by atoms with van der Waals surface area (Å²) in [5.74, 6) is -0.0202. The lowest BCUT2D eigenvalue weighted by Gasteiger charge is -2.12. The monoisotopic (exact) mass is 430 g/mol. The minimum atomic E-state index is -0.500. The molecule has 0 aliphatic carbocycles. The van der Waals surface area contributed by atoms with E-state index in [4.69, 9.17) is 9.47 Å². The lowest BCUT2D eigenvalue weighted by Crippen LogP contribution is -2.14. The van der Waals surface area contributed by atoms with Crippen LogP contribution in [0.5, 0.6) is 11.5 Å².